The molecule has 2 N–H and O–H groups in total. The quantitative estimate of drug-likeness (QED) is 0.638. The number of nitrogens with one attached hydrogen (secondary N) is 1. The highest BCUT2D eigenvalue weighted by Crippen LogP contribution is 2.27. The second-order valence-electron chi connectivity index (χ2n) is 4.47. The van der Waals surface area contributed by atoms with E-state index >= 15 is 0 Å². The van der Waals surface area contributed by atoms with Gasteiger partial charge in [-0.1, -0.05) is 12.5 Å². The van der Waals surface area contributed by atoms with Crippen molar-refractivity contribution in [2.24, 2.45) is 0 Å². The summed E-state index contributed by atoms with van der Waals surface area (Å²) >= 11 is 0. The molecule has 18 heavy (non-hydrogen) atoms. The van der Waals surface area contributed by atoms with Crippen molar-refractivity contribution in [3.8, 4) is 0 Å². The third-order valence-electron chi connectivity index (χ3n) is 3.24. The molecule has 1 aromatic carbocycles. The normalized spacial score (nSPS) is 21.6. The van der Waals surface area contributed by atoms with Gasteiger partial charge in [0.15, 0.2) is 0 Å². The van der Waals surface area contributed by atoms with E-state index in [-0.39, 0.29) is 6.04 Å². The molecule has 0 amide bonds. The molecule has 0 bridgehead atoms. The van der Waals surface area contributed by atoms with Crippen LogP contribution < -0.4 is 5.32 Å². The number of nitro benzene ring substituents is 1. The van der Waals surface area contributed by atoms with Crippen LogP contribution in [0.25, 0.3) is 0 Å². The van der Waals surface area contributed by atoms with Crippen molar-refractivity contribution in [1.82, 2.24) is 5.32 Å². The van der Waals surface area contributed by atoms with Gasteiger partial charge in [0.2, 0.25) is 5.82 Å². The maximum atomic E-state index is 13.2. The fourth-order valence-electron chi connectivity index (χ4n) is 2.23. The minimum absolute atomic E-state index is 0.121. The van der Waals surface area contributed by atoms with Gasteiger partial charge >= 0.3 is 5.69 Å². The zero-order valence-corrected chi connectivity index (χ0v) is 9.80. The molecule has 2 rings (SSSR count). The van der Waals surface area contributed by atoms with Crippen molar-refractivity contribution >= 4 is 5.69 Å². The predicted molar refractivity (Wildman–Crippen MR) is 63.7 cm³/mol. The van der Waals surface area contributed by atoms with Crippen molar-refractivity contribution in [2.45, 2.75) is 31.4 Å². The third kappa shape index (κ3) is 2.65. The molecule has 1 aromatic rings. The maximum Gasteiger partial charge on any atom is 0.305 e. The second-order valence-corrected chi connectivity index (χ2v) is 4.47. The molecule has 2 atom stereocenters. The molecular weight excluding hydrogens is 239 g/mol. The first-order valence-corrected chi connectivity index (χ1v) is 5.95. The van der Waals surface area contributed by atoms with E-state index < -0.39 is 22.5 Å². The van der Waals surface area contributed by atoms with Gasteiger partial charge in [-0.2, -0.15) is 4.39 Å². The monoisotopic (exact) mass is 254 g/mol. The van der Waals surface area contributed by atoms with Crippen LogP contribution in [0.15, 0.2) is 18.2 Å². The highest BCUT2D eigenvalue weighted by molar-refractivity contribution is 5.37. The minimum Gasteiger partial charge on any atom is -0.387 e. The zero-order valence-electron chi connectivity index (χ0n) is 9.80. The number of benzene rings is 1. The summed E-state index contributed by atoms with van der Waals surface area (Å²) in [6.07, 6.45) is 2.04. The van der Waals surface area contributed by atoms with E-state index in [1.165, 1.54) is 6.07 Å². The largest absolute Gasteiger partial charge is 0.387 e. The first-order valence-electron chi connectivity index (χ1n) is 5.95. The molecule has 0 aliphatic carbocycles. The molecule has 1 aliphatic rings. The Morgan fingerprint density at radius 1 is 1.50 bits per heavy atom. The average molecular weight is 254 g/mol. The van der Waals surface area contributed by atoms with Crippen LogP contribution in [-0.2, 0) is 0 Å². The van der Waals surface area contributed by atoms with Crippen molar-refractivity contribution in [3.05, 3.63) is 39.7 Å². The molecule has 0 spiro atoms. The van der Waals surface area contributed by atoms with E-state index in [1.54, 1.807) is 0 Å². The van der Waals surface area contributed by atoms with Gasteiger partial charge in [0.05, 0.1) is 11.0 Å². The Morgan fingerprint density at radius 3 is 2.89 bits per heavy atom. The van der Waals surface area contributed by atoms with E-state index in [9.17, 15) is 19.6 Å². The van der Waals surface area contributed by atoms with E-state index in [4.69, 9.17) is 0 Å². The molecule has 1 fully saturated rings. The topological polar surface area (TPSA) is 75.4 Å². The number of rotatable bonds is 3. The molecule has 0 saturated carbocycles. The molecule has 98 valence electrons. The average Bonchev–Trinajstić information content (AvgIpc) is 2.39. The summed E-state index contributed by atoms with van der Waals surface area (Å²) in [4.78, 5) is 9.86. The number of halogens is 1. The van der Waals surface area contributed by atoms with Crippen molar-refractivity contribution in [1.29, 1.82) is 0 Å². The summed E-state index contributed by atoms with van der Waals surface area (Å²) < 4.78 is 13.2. The van der Waals surface area contributed by atoms with Gasteiger partial charge in [-0.05, 0) is 31.0 Å². The number of aliphatic hydroxyl groups excluding tert-OH is 1. The van der Waals surface area contributed by atoms with E-state index in [0.717, 1.165) is 37.9 Å². The lowest BCUT2D eigenvalue weighted by atomic mass is 9.94. The Hall–Kier alpha value is -1.53. The van der Waals surface area contributed by atoms with Crippen molar-refractivity contribution in [3.63, 3.8) is 0 Å². The van der Waals surface area contributed by atoms with Crippen molar-refractivity contribution in [2.75, 3.05) is 6.54 Å². The number of hydrogen-bond acceptors (Lipinski definition) is 4. The molecule has 6 heteroatoms. The minimum atomic E-state index is -0.882. The SMILES string of the molecule is O=[N+]([O-])c1cc(C(O)C2CCCCN2)ccc1F. The first-order chi connectivity index (χ1) is 8.59. The molecular formula is C12H15FN2O3. The third-order valence-corrected chi connectivity index (χ3v) is 3.24. The fraction of sp³-hybridized carbons (Fsp3) is 0.500. The van der Waals surface area contributed by atoms with Crippen LogP contribution in [-0.4, -0.2) is 22.6 Å². The lowest BCUT2D eigenvalue weighted by Gasteiger charge is -2.28. The second kappa shape index (κ2) is 5.41. The van der Waals surface area contributed by atoms with Crippen LogP contribution in [0, 0.1) is 15.9 Å². The van der Waals surface area contributed by atoms with Crippen LogP contribution in [0.1, 0.15) is 30.9 Å². The molecule has 1 saturated heterocycles. The molecule has 1 heterocycles. The summed E-state index contributed by atoms with van der Waals surface area (Å²) in [7, 11) is 0. The Labute approximate surface area is 104 Å². The lowest BCUT2D eigenvalue weighted by Crippen LogP contribution is -2.38. The molecule has 0 radical (unpaired) electrons. The molecule has 0 aromatic heterocycles. The van der Waals surface area contributed by atoms with Gasteiger partial charge in [-0.25, -0.2) is 0 Å². The standard InChI is InChI=1S/C12H15FN2O3/c13-9-5-4-8(7-11(9)15(17)18)12(16)10-3-1-2-6-14-10/h4-5,7,10,12,14,16H,1-3,6H2. The summed E-state index contributed by atoms with van der Waals surface area (Å²) in [6, 6.07) is 3.41. The molecule has 2 unspecified atom stereocenters. The van der Waals surface area contributed by atoms with Crippen molar-refractivity contribution < 1.29 is 14.4 Å². The smallest absolute Gasteiger partial charge is 0.305 e. The van der Waals surface area contributed by atoms with Crippen LogP contribution in [0.4, 0.5) is 10.1 Å². The zero-order chi connectivity index (χ0) is 13.1. The van der Waals surface area contributed by atoms with Gasteiger partial charge in [0.1, 0.15) is 0 Å². The lowest BCUT2D eigenvalue weighted by molar-refractivity contribution is -0.387. The summed E-state index contributed by atoms with van der Waals surface area (Å²) in [5.41, 5.74) is -0.218. The van der Waals surface area contributed by atoms with Crippen LogP contribution in [0.3, 0.4) is 0 Å². The maximum absolute atomic E-state index is 13.2. The Balaban J connectivity index is 2.21. The number of aliphatic hydroxyl groups is 1. The number of piperidine rings is 1. The van der Waals surface area contributed by atoms with Gasteiger partial charge in [0, 0.05) is 12.1 Å². The van der Waals surface area contributed by atoms with E-state index in [2.05, 4.69) is 5.32 Å². The number of hydrogen-bond donors (Lipinski definition) is 2. The highest BCUT2D eigenvalue weighted by atomic mass is 19.1. The highest BCUT2D eigenvalue weighted by Gasteiger charge is 2.25. The van der Waals surface area contributed by atoms with Crippen LogP contribution in [0.5, 0.6) is 0 Å². The van der Waals surface area contributed by atoms with E-state index in [0.29, 0.717) is 5.56 Å². The van der Waals surface area contributed by atoms with E-state index in [1.807, 2.05) is 0 Å². The van der Waals surface area contributed by atoms with Gasteiger partial charge in [-0.15, -0.1) is 0 Å². The Bertz CT molecular complexity index is 447. The van der Waals surface area contributed by atoms with Gasteiger partial charge in [0.25, 0.3) is 0 Å². The van der Waals surface area contributed by atoms with Crippen LogP contribution >= 0.6 is 0 Å². The molecule has 5 nitrogen and oxygen atoms in total. The number of nitro groups is 1. The fourth-order valence-corrected chi connectivity index (χ4v) is 2.23. The Morgan fingerprint density at radius 2 is 2.28 bits per heavy atom. The summed E-state index contributed by atoms with van der Waals surface area (Å²) in [6.45, 7) is 0.824. The summed E-state index contributed by atoms with van der Waals surface area (Å²) in [5.74, 6) is -0.882. The van der Waals surface area contributed by atoms with Crippen LogP contribution in [0.2, 0.25) is 0 Å². The summed E-state index contributed by atoms with van der Waals surface area (Å²) in [5, 5.41) is 23.9. The molecule has 1 aliphatic heterocycles. The first kappa shape index (κ1) is 12.9. The number of nitrogens with zero attached hydrogens (tertiary/aromatic N) is 1. The Kier molecular flexibility index (Phi) is 3.88. The predicted octanol–water partition coefficient (Wildman–Crippen LogP) is 1.91. The van der Waals surface area contributed by atoms with Gasteiger partial charge < -0.3 is 10.4 Å². The van der Waals surface area contributed by atoms with Gasteiger partial charge in [-0.3, -0.25) is 10.1 Å².